The molecule has 2 N–H and O–H groups in total. The van der Waals surface area contributed by atoms with Crippen LogP contribution in [-0.4, -0.2) is 25.2 Å². The molecule has 1 aromatic rings. The van der Waals surface area contributed by atoms with Gasteiger partial charge in [0, 0.05) is 0 Å². The Morgan fingerprint density at radius 3 is 2.23 bits per heavy atom. The number of nitrogens with two attached hydrogens (primary N) is 1. The van der Waals surface area contributed by atoms with Crippen molar-refractivity contribution in [3.8, 4) is 0 Å². The molecule has 3 unspecified atom stereocenters. The standard InChI is InChI=1S/C22H37NO3/c1-4-6-7-8-9-13-17-19(14-5-2)26-21(20(23)22(24)25-3)18-15-11-10-12-16-18/h10-12,15-16,19-21H,4-9,13-14,17,23H2,1-3H3. The summed E-state index contributed by atoms with van der Waals surface area (Å²) < 4.78 is 11.2. The largest absolute Gasteiger partial charge is 0.468 e. The predicted molar refractivity (Wildman–Crippen MR) is 107 cm³/mol. The molecule has 0 amide bonds. The maximum absolute atomic E-state index is 12.0. The first-order valence-corrected chi connectivity index (χ1v) is 10.2. The molecule has 3 atom stereocenters. The molecule has 0 radical (unpaired) electrons. The number of carbonyl (C=O) groups excluding carboxylic acids is 1. The molecule has 0 aliphatic rings. The van der Waals surface area contributed by atoms with Crippen LogP contribution in [0.2, 0.25) is 0 Å². The van der Waals surface area contributed by atoms with Crippen molar-refractivity contribution in [2.24, 2.45) is 5.73 Å². The van der Waals surface area contributed by atoms with Crippen LogP contribution in [0.5, 0.6) is 0 Å². The molecule has 1 aromatic carbocycles. The summed E-state index contributed by atoms with van der Waals surface area (Å²) in [6, 6.07) is 8.94. The Morgan fingerprint density at radius 2 is 1.62 bits per heavy atom. The molecule has 0 aliphatic heterocycles. The van der Waals surface area contributed by atoms with Gasteiger partial charge in [0.05, 0.1) is 13.2 Å². The number of benzene rings is 1. The van der Waals surface area contributed by atoms with Gasteiger partial charge in [-0.3, -0.25) is 4.79 Å². The summed E-state index contributed by atoms with van der Waals surface area (Å²) in [6.45, 7) is 4.40. The van der Waals surface area contributed by atoms with E-state index in [2.05, 4.69) is 13.8 Å². The lowest BCUT2D eigenvalue weighted by molar-refractivity contribution is -0.148. The Kier molecular flexibility index (Phi) is 12.0. The molecule has 1 rings (SSSR count). The Morgan fingerprint density at radius 1 is 0.962 bits per heavy atom. The Hall–Kier alpha value is -1.39. The van der Waals surface area contributed by atoms with E-state index in [-0.39, 0.29) is 6.10 Å². The third-order valence-electron chi connectivity index (χ3n) is 4.76. The molecule has 0 bridgehead atoms. The van der Waals surface area contributed by atoms with Gasteiger partial charge in [0.2, 0.25) is 0 Å². The fraction of sp³-hybridized carbons (Fsp3) is 0.682. The smallest absolute Gasteiger partial charge is 0.325 e. The normalized spacial score (nSPS) is 14.6. The van der Waals surface area contributed by atoms with Crippen molar-refractivity contribution in [2.75, 3.05) is 7.11 Å². The molecule has 4 heteroatoms. The highest BCUT2D eigenvalue weighted by molar-refractivity contribution is 5.76. The van der Waals surface area contributed by atoms with E-state index in [1.54, 1.807) is 0 Å². The zero-order valence-electron chi connectivity index (χ0n) is 16.8. The van der Waals surface area contributed by atoms with Gasteiger partial charge in [-0.1, -0.05) is 89.1 Å². The summed E-state index contributed by atoms with van der Waals surface area (Å²) >= 11 is 0. The van der Waals surface area contributed by atoms with E-state index >= 15 is 0 Å². The van der Waals surface area contributed by atoms with Crippen molar-refractivity contribution < 1.29 is 14.3 Å². The van der Waals surface area contributed by atoms with Crippen molar-refractivity contribution in [3.63, 3.8) is 0 Å². The first-order chi connectivity index (χ1) is 12.6. The summed E-state index contributed by atoms with van der Waals surface area (Å²) in [4.78, 5) is 12.0. The monoisotopic (exact) mass is 363 g/mol. The Balaban J connectivity index is 2.69. The van der Waals surface area contributed by atoms with Crippen molar-refractivity contribution in [2.45, 2.75) is 89.9 Å². The first-order valence-electron chi connectivity index (χ1n) is 10.2. The van der Waals surface area contributed by atoms with E-state index in [1.165, 1.54) is 39.2 Å². The number of unbranched alkanes of at least 4 members (excludes halogenated alkanes) is 5. The van der Waals surface area contributed by atoms with Crippen LogP contribution in [0.25, 0.3) is 0 Å². The minimum atomic E-state index is -0.814. The average molecular weight is 364 g/mol. The number of methoxy groups -OCH3 is 1. The summed E-state index contributed by atoms with van der Waals surface area (Å²) in [5.41, 5.74) is 7.08. The first kappa shape index (κ1) is 22.7. The minimum Gasteiger partial charge on any atom is -0.468 e. The van der Waals surface area contributed by atoms with Crippen LogP contribution in [0.15, 0.2) is 30.3 Å². The van der Waals surface area contributed by atoms with E-state index in [1.807, 2.05) is 30.3 Å². The van der Waals surface area contributed by atoms with Gasteiger partial charge >= 0.3 is 5.97 Å². The lowest BCUT2D eigenvalue weighted by Gasteiger charge is -2.28. The van der Waals surface area contributed by atoms with Gasteiger partial charge in [-0.2, -0.15) is 0 Å². The molecule has 148 valence electrons. The van der Waals surface area contributed by atoms with E-state index in [4.69, 9.17) is 15.2 Å². The lowest BCUT2D eigenvalue weighted by atomic mass is 10.0. The van der Waals surface area contributed by atoms with Gasteiger partial charge in [0.25, 0.3) is 0 Å². The second-order valence-corrected chi connectivity index (χ2v) is 6.98. The van der Waals surface area contributed by atoms with Gasteiger partial charge in [0.15, 0.2) is 0 Å². The van der Waals surface area contributed by atoms with Crippen molar-refractivity contribution in [1.29, 1.82) is 0 Å². The third-order valence-corrected chi connectivity index (χ3v) is 4.76. The number of ether oxygens (including phenoxy) is 2. The SMILES string of the molecule is CCCCCCCCC(CCC)OC(c1ccccc1)C(N)C(=O)OC. The summed E-state index contributed by atoms with van der Waals surface area (Å²) in [5.74, 6) is -0.436. The second kappa shape index (κ2) is 13.8. The van der Waals surface area contributed by atoms with Crippen LogP contribution < -0.4 is 5.73 Å². The highest BCUT2D eigenvalue weighted by Crippen LogP contribution is 2.26. The maximum Gasteiger partial charge on any atom is 0.325 e. The molecule has 0 aromatic heterocycles. The third kappa shape index (κ3) is 8.33. The minimum absolute atomic E-state index is 0.118. The number of rotatable bonds is 14. The summed E-state index contributed by atoms with van der Waals surface area (Å²) in [5, 5.41) is 0. The van der Waals surface area contributed by atoms with Crippen LogP contribution in [0.4, 0.5) is 0 Å². The van der Waals surface area contributed by atoms with Crippen LogP contribution >= 0.6 is 0 Å². The van der Waals surface area contributed by atoms with Crippen molar-refractivity contribution in [3.05, 3.63) is 35.9 Å². The fourth-order valence-corrected chi connectivity index (χ4v) is 3.24. The number of carbonyl (C=O) groups is 1. The molecular weight excluding hydrogens is 326 g/mol. The highest BCUT2D eigenvalue weighted by atomic mass is 16.5. The number of hydrogen-bond acceptors (Lipinski definition) is 4. The summed E-state index contributed by atoms with van der Waals surface area (Å²) in [6.07, 6.45) is 10.3. The molecule has 4 nitrogen and oxygen atoms in total. The maximum atomic E-state index is 12.0. The molecule has 0 saturated carbocycles. The fourth-order valence-electron chi connectivity index (χ4n) is 3.24. The zero-order valence-corrected chi connectivity index (χ0v) is 16.8. The molecule has 26 heavy (non-hydrogen) atoms. The lowest BCUT2D eigenvalue weighted by Crippen LogP contribution is -2.40. The van der Waals surface area contributed by atoms with Gasteiger partial charge in [-0.15, -0.1) is 0 Å². The van der Waals surface area contributed by atoms with Crippen LogP contribution in [0.3, 0.4) is 0 Å². The van der Waals surface area contributed by atoms with Gasteiger partial charge in [-0.05, 0) is 18.4 Å². The van der Waals surface area contributed by atoms with Gasteiger partial charge in [0.1, 0.15) is 12.1 Å². The van der Waals surface area contributed by atoms with Crippen LogP contribution in [0.1, 0.15) is 83.3 Å². The topological polar surface area (TPSA) is 61.5 Å². The van der Waals surface area contributed by atoms with Crippen LogP contribution in [0, 0.1) is 0 Å². The Labute approximate surface area is 159 Å². The number of hydrogen-bond donors (Lipinski definition) is 1. The Bertz CT molecular complexity index is 478. The molecule has 0 heterocycles. The van der Waals surface area contributed by atoms with E-state index < -0.39 is 18.1 Å². The van der Waals surface area contributed by atoms with E-state index in [9.17, 15) is 4.79 Å². The van der Waals surface area contributed by atoms with E-state index in [0.29, 0.717) is 0 Å². The molecule has 0 spiro atoms. The highest BCUT2D eigenvalue weighted by Gasteiger charge is 2.30. The quantitative estimate of drug-likeness (QED) is 0.366. The van der Waals surface area contributed by atoms with E-state index in [0.717, 1.165) is 31.2 Å². The molecular formula is C22H37NO3. The zero-order chi connectivity index (χ0) is 19.2. The molecule has 0 aliphatic carbocycles. The second-order valence-electron chi connectivity index (χ2n) is 6.98. The average Bonchev–Trinajstić information content (AvgIpc) is 2.68. The summed E-state index contributed by atoms with van der Waals surface area (Å²) in [7, 11) is 1.37. The van der Waals surface area contributed by atoms with Gasteiger partial charge in [-0.25, -0.2) is 0 Å². The molecule has 0 fully saturated rings. The van der Waals surface area contributed by atoms with Crippen molar-refractivity contribution >= 4 is 5.97 Å². The van der Waals surface area contributed by atoms with Gasteiger partial charge < -0.3 is 15.2 Å². The molecule has 0 saturated heterocycles. The van der Waals surface area contributed by atoms with Crippen molar-refractivity contribution in [1.82, 2.24) is 0 Å². The number of esters is 1. The predicted octanol–water partition coefficient (Wildman–Crippen LogP) is 5.16. The van der Waals surface area contributed by atoms with Crippen LogP contribution in [-0.2, 0) is 14.3 Å².